The van der Waals surface area contributed by atoms with E-state index in [4.69, 9.17) is 16.3 Å². The van der Waals surface area contributed by atoms with Crippen molar-refractivity contribution in [2.75, 3.05) is 25.1 Å². The Kier molecular flexibility index (Phi) is 1.81. The fraction of sp³-hybridized carbons (Fsp3) is 0.375. The summed E-state index contributed by atoms with van der Waals surface area (Å²) in [6.45, 7) is 1.57. The molecule has 0 spiro atoms. The molecule has 64 valence electrons. The van der Waals surface area contributed by atoms with Crippen molar-refractivity contribution in [3.8, 4) is 5.75 Å². The molecule has 1 aliphatic heterocycles. The van der Waals surface area contributed by atoms with Crippen molar-refractivity contribution in [2.24, 2.45) is 0 Å². The number of rotatable bonds is 0. The van der Waals surface area contributed by atoms with Gasteiger partial charge in [0.1, 0.15) is 6.61 Å². The Balaban J connectivity index is 2.52. The summed E-state index contributed by atoms with van der Waals surface area (Å²) in [7, 11) is 2.01. The summed E-state index contributed by atoms with van der Waals surface area (Å²) in [5, 5.41) is 0.444. The van der Waals surface area contributed by atoms with Gasteiger partial charge in [0.2, 0.25) is 0 Å². The summed E-state index contributed by atoms with van der Waals surface area (Å²) in [6, 6.07) is 1.90. The number of aromatic nitrogens is 1. The highest BCUT2D eigenvalue weighted by atomic mass is 35.5. The Morgan fingerprint density at radius 1 is 1.67 bits per heavy atom. The number of nitrogens with zero attached hydrogens (tertiary/aromatic N) is 2. The molecule has 0 saturated heterocycles. The number of halogens is 1. The van der Waals surface area contributed by atoms with Gasteiger partial charge in [-0.05, 0) is 6.07 Å². The molecular weight excluding hydrogens is 176 g/mol. The van der Waals surface area contributed by atoms with E-state index in [9.17, 15) is 0 Å². The van der Waals surface area contributed by atoms with Crippen molar-refractivity contribution in [1.82, 2.24) is 4.98 Å². The lowest BCUT2D eigenvalue weighted by Crippen LogP contribution is -2.28. The van der Waals surface area contributed by atoms with E-state index in [1.165, 1.54) is 0 Å². The van der Waals surface area contributed by atoms with E-state index in [1.807, 2.05) is 13.1 Å². The predicted octanol–water partition coefficient (Wildman–Crippen LogP) is 1.56. The van der Waals surface area contributed by atoms with Crippen molar-refractivity contribution >= 4 is 17.3 Å². The minimum atomic E-state index is 0.444. The molecule has 0 aromatic carbocycles. The smallest absolute Gasteiger partial charge is 0.179 e. The van der Waals surface area contributed by atoms with E-state index < -0.39 is 0 Å². The molecule has 0 bridgehead atoms. The molecule has 2 rings (SSSR count). The summed E-state index contributed by atoms with van der Waals surface area (Å²) in [5.74, 6) is 0.702. The van der Waals surface area contributed by atoms with Crippen molar-refractivity contribution in [1.29, 1.82) is 0 Å². The van der Waals surface area contributed by atoms with E-state index in [1.54, 1.807) is 6.20 Å². The second-order valence-electron chi connectivity index (χ2n) is 2.72. The molecule has 1 aliphatic rings. The summed E-state index contributed by atoms with van der Waals surface area (Å²) in [4.78, 5) is 6.04. The maximum atomic E-state index is 5.84. The van der Waals surface area contributed by atoms with Gasteiger partial charge in [-0.1, -0.05) is 11.6 Å². The van der Waals surface area contributed by atoms with Gasteiger partial charge in [-0.2, -0.15) is 0 Å². The van der Waals surface area contributed by atoms with Gasteiger partial charge in [0, 0.05) is 13.2 Å². The Bertz CT molecular complexity index is 303. The Hall–Kier alpha value is -0.960. The van der Waals surface area contributed by atoms with Crippen molar-refractivity contribution in [3.63, 3.8) is 0 Å². The Labute approximate surface area is 75.9 Å². The highest BCUT2D eigenvalue weighted by Crippen LogP contribution is 2.35. The minimum absolute atomic E-state index is 0.444. The number of hydrogen-bond donors (Lipinski definition) is 0. The molecule has 1 aromatic rings. The lowest BCUT2D eigenvalue weighted by atomic mass is 10.3. The van der Waals surface area contributed by atoms with Gasteiger partial charge < -0.3 is 9.64 Å². The van der Waals surface area contributed by atoms with Crippen LogP contribution in [0.4, 0.5) is 5.69 Å². The minimum Gasteiger partial charge on any atom is -0.486 e. The highest BCUT2D eigenvalue weighted by molar-refractivity contribution is 6.31. The standard InChI is InChI=1S/C8H9ClN2O/c1-11-4-5-12-7-6(11)2-3-10-8(7)9/h2-3H,4-5H2,1H3. The summed E-state index contributed by atoms with van der Waals surface area (Å²) in [5.41, 5.74) is 1.02. The van der Waals surface area contributed by atoms with Gasteiger partial charge in [0.25, 0.3) is 0 Å². The molecule has 0 atom stereocenters. The van der Waals surface area contributed by atoms with Crippen molar-refractivity contribution < 1.29 is 4.74 Å². The van der Waals surface area contributed by atoms with E-state index in [0.29, 0.717) is 17.5 Å². The van der Waals surface area contributed by atoms with E-state index in [0.717, 1.165) is 12.2 Å². The van der Waals surface area contributed by atoms with E-state index in [2.05, 4.69) is 9.88 Å². The Morgan fingerprint density at radius 2 is 2.50 bits per heavy atom. The average molecular weight is 185 g/mol. The number of anilines is 1. The summed E-state index contributed by atoms with van der Waals surface area (Å²) < 4.78 is 5.39. The molecule has 0 N–H and O–H groups in total. The predicted molar refractivity (Wildman–Crippen MR) is 48.0 cm³/mol. The quantitative estimate of drug-likeness (QED) is 0.573. The first kappa shape index (κ1) is 7.68. The van der Waals surface area contributed by atoms with Crippen LogP contribution in [-0.2, 0) is 0 Å². The SMILES string of the molecule is CN1CCOc2c1ccnc2Cl. The maximum absolute atomic E-state index is 5.84. The zero-order valence-corrected chi connectivity index (χ0v) is 7.51. The number of likely N-dealkylation sites (N-methyl/N-ethyl adjacent to an activating group) is 1. The van der Waals surface area contributed by atoms with E-state index >= 15 is 0 Å². The summed E-state index contributed by atoms with van der Waals surface area (Å²) in [6.07, 6.45) is 1.69. The van der Waals surface area contributed by atoms with Gasteiger partial charge in [-0.15, -0.1) is 0 Å². The molecule has 0 saturated carbocycles. The fourth-order valence-corrected chi connectivity index (χ4v) is 1.46. The first-order valence-corrected chi connectivity index (χ1v) is 4.15. The molecule has 0 radical (unpaired) electrons. The molecule has 0 aliphatic carbocycles. The first-order valence-electron chi connectivity index (χ1n) is 3.77. The van der Waals surface area contributed by atoms with Crippen LogP contribution in [0, 0.1) is 0 Å². The third-order valence-electron chi connectivity index (χ3n) is 1.92. The van der Waals surface area contributed by atoms with E-state index in [-0.39, 0.29) is 0 Å². The molecule has 0 unspecified atom stereocenters. The molecule has 3 nitrogen and oxygen atoms in total. The van der Waals surface area contributed by atoms with Crippen LogP contribution >= 0.6 is 11.6 Å². The molecule has 4 heteroatoms. The lowest BCUT2D eigenvalue weighted by molar-refractivity contribution is 0.310. The Morgan fingerprint density at radius 3 is 3.25 bits per heavy atom. The van der Waals surface area contributed by atoms with Crippen LogP contribution in [0.3, 0.4) is 0 Å². The van der Waals surface area contributed by atoms with Crippen LogP contribution in [0.5, 0.6) is 5.75 Å². The van der Waals surface area contributed by atoms with Crippen molar-refractivity contribution in [2.45, 2.75) is 0 Å². The molecule has 12 heavy (non-hydrogen) atoms. The molecule has 0 fully saturated rings. The third-order valence-corrected chi connectivity index (χ3v) is 2.19. The van der Waals surface area contributed by atoms with Crippen LogP contribution in [0.25, 0.3) is 0 Å². The highest BCUT2D eigenvalue weighted by Gasteiger charge is 2.17. The van der Waals surface area contributed by atoms with Gasteiger partial charge >= 0.3 is 0 Å². The van der Waals surface area contributed by atoms with Gasteiger partial charge in [-0.3, -0.25) is 0 Å². The fourth-order valence-electron chi connectivity index (χ4n) is 1.25. The molecule has 1 aromatic heterocycles. The molecule has 0 amide bonds. The van der Waals surface area contributed by atoms with Crippen LogP contribution in [-0.4, -0.2) is 25.2 Å². The first-order chi connectivity index (χ1) is 5.79. The van der Waals surface area contributed by atoms with Crippen LogP contribution in [0.1, 0.15) is 0 Å². The summed E-state index contributed by atoms with van der Waals surface area (Å²) >= 11 is 5.84. The zero-order chi connectivity index (χ0) is 8.55. The number of ether oxygens (including phenoxy) is 1. The number of hydrogen-bond acceptors (Lipinski definition) is 3. The molecule has 2 heterocycles. The third kappa shape index (κ3) is 1.10. The molecular formula is C8H9ClN2O. The topological polar surface area (TPSA) is 25.4 Å². The second kappa shape index (κ2) is 2.83. The number of fused-ring (bicyclic) bond motifs is 1. The normalized spacial score (nSPS) is 15.3. The van der Waals surface area contributed by atoms with Gasteiger partial charge in [-0.25, -0.2) is 4.98 Å². The van der Waals surface area contributed by atoms with Crippen LogP contribution in [0.2, 0.25) is 5.15 Å². The maximum Gasteiger partial charge on any atom is 0.179 e. The van der Waals surface area contributed by atoms with Crippen LogP contribution < -0.4 is 9.64 Å². The second-order valence-corrected chi connectivity index (χ2v) is 3.08. The largest absolute Gasteiger partial charge is 0.486 e. The lowest BCUT2D eigenvalue weighted by Gasteiger charge is -2.27. The average Bonchev–Trinajstić information content (AvgIpc) is 2.07. The van der Waals surface area contributed by atoms with Gasteiger partial charge in [0.05, 0.1) is 12.2 Å². The van der Waals surface area contributed by atoms with Crippen molar-refractivity contribution in [3.05, 3.63) is 17.4 Å². The van der Waals surface area contributed by atoms with Crippen LogP contribution in [0.15, 0.2) is 12.3 Å². The van der Waals surface area contributed by atoms with Gasteiger partial charge in [0.15, 0.2) is 10.9 Å². The monoisotopic (exact) mass is 184 g/mol. The number of pyridine rings is 1. The zero-order valence-electron chi connectivity index (χ0n) is 6.75.